The van der Waals surface area contributed by atoms with Crippen LogP contribution in [-0.2, 0) is 4.79 Å². The van der Waals surface area contributed by atoms with E-state index in [2.05, 4.69) is 12.2 Å². The molecule has 2 fully saturated rings. The molecule has 0 saturated carbocycles. The predicted molar refractivity (Wildman–Crippen MR) is 59.5 cm³/mol. The van der Waals surface area contributed by atoms with Crippen molar-refractivity contribution in [1.82, 2.24) is 10.2 Å². The molecule has 2 aliphatic rings. The molecule has 2 aliphatic heterocycles. The van der Waals surface area contributed by atoms with Gasteiger partial charge in [-0.2, -0.15) is 0 Å². The number of nitrogens with one attached hydrogen (secondary N) is 1. The van der Waals surface area contributed by atoms with Crippen LogP contribution in [0.3, 0.4) is 0 Å². The number of rotatable bonds is 1. The number of nitrogens with zero attached hydrogens (tertiary/aromatic N) is 1. The average molecular weight is 214 g/mol. The number of carbonyl (C=O) groups excluding carboxylic acids is 1. The van der Waals surface area contributed by atoms with Crippen molar-refractivity contribution in [3.63, 3.8) is 0 Å². The fourth-order valence-corrected chi connectivity index (χ4v) is 3.35. The molecular weight excluding hydrogens is 196 g/mol. The van der Waals surface area contributed by atoms with Crippen LogP contribution in [0.5, 0.6) is 0 Å². The molecule has 4 heteroatoms. The van der Waals surface area contributed by atoms with Crippen LogP contribution in [-0.4, -0.2) is 47.5 Å². The van der Waals surface area contributed by atoms with Gasteiger partial charge in [0.25, 0.3) is 0 Å². The van der Waals surface area contributed by atoms with Crippen molar-refractivity contribution in [2.24, 2.45) is 0 Å². The van der Waals surface area contributed by atoms with Crippen LogP contribution < -0.4 is 5.32 Å². The normalized spacial score (nSPS) is 33.4. The van der Waals surface area contributed by atoms with Crippen molar-refractivity contribution < 1.29 is 4.79 Å². The van der Waals surface area contributed by atoms with Crippen molar-refractivity contribution in [3.05, 3.63) is 0 Å². The van der Waals surface area contributed by atoms with Crippen LogP contribution in [0.15, 0.2) is 0 Å². The average Bonchev–Trinajstić information content (AvgIpc) is 2.69. The lowest BCUT2D eigenvalue weighted by Gasteiger charge is -2.33. The second-order valence-electron chi connectivity index (χ2n) is 4.14. The molecule has 0 radical (unpaired) electrons. The molecule has 0 spiro atoms. The van der Waals surface area contributed by atoms with Crippen LogP contribution in [0, 0.1) is 0 Å². The van der Waals surface area contributed by atoms with Crippen LogP contribution >= 0.6 is 11.8 Å². The van der Waals surface area contributed by atoms with Crippen molar-refractivity contribution >= 4 is 17.7 Å². The first-order valence-electron chi connectivity index (χ1n) is 5.41. The zero-order chi connectivity index (χ0) is 9.97. The molecule has 0 aliphatic carbocycles. The first-order chi connectivity index (χ1) is 6.77. The maximum absolute atomic E-state index is 12.0. The maximum Gasteiger partial charge on any atom is 0.235 e. The maximum atomic E-state index is 12.0. The largest absolute Gasteiger partial charge is 0.339 e. The summed E-state index contributed by atoms with van der Waals surface area (Å²) in [5.41, 5.74) is 0. The summed E-state index contributed by atoms with van der Waals surface area (Å²) in [4.78, 5) is 14.1. The number of thioether (sulfide) groups is 1. The Morgan fingerprint density at radius 3 is 3.07 bits per heavy atom. The van der Waals surface area contributed by atoms with Gasteiger partial charge < -0.3 is 10.2 Å². The van der Waals surface area contributed by atoms with Crippen molar-refractivity contribution in [2.75, 3.05) is 25.4 Å². The third-order valence-corrected chi connectivity index (χ3v) is 4.25. The third-order valence-electron chi connectivity index (χ3n) is 2.89. The van der Waals surface area contributed by atoms with Crippen LogP contribution in [0.25, 0.3) is 0 Å². The van der Waals surface area contributed by atoms with E-state index in [9.17, 15) is 4.79 Å². The van der Waals surface area contributed by atoms with E-state index in [4.69, 9.17) is 0 Å². The molecule has 2 atom stereocenters. The molecule has 0 aromatic rings. The van der Waals surface area contributed by atoms with Gasteiger partial charge in [-0.3, -0.25) is 4.79 Å². The smallest absolute Gasteiger partial charge is 0.235 e. The fraction of sp³-hybridized carbons (Fsp3) is 0.900. The van der Waals surface area contributed by atoms with Gasteiger partial charge in [0.05, 0.1) is 5.25 Å². The van der Waals surface area contributed by atoms with Gasteiger partial charge in [0, 0.05) is 25.7 Å². The van der Waals surface area contributed by atoms with Crippen LogP contribution in [0.2, 0.25) is 0 Å². The molecule has 0 aromatic heterocycles. The van der Waals surface area contributed by atoms with E-state index >= 15 is 0 Å². The van der Waals surface area contributed by atoms with Crippen LogP contribution in [0.1, 0.15) is 19.8 Å². The minimum atomic E-state index is 0.264. The molecule has 0 bridgehead atoms. The summed E-state index contributed by atoms with van der Waals surface area (Å²) in [7, 11) is 0. The summed E-state index contributed by atoms with van der Waals surface area (Å²) in [5, 5.41) is 3.62. The highest BCUT2D eigenvalue weighted by Gasteiger charge is 2.29. The highest BCUT2D eigenvalue weighted by atomic mass is 32.2. The molecule has 1 amide bonds. The monoisotopic (exact) mass is 214 g/mol. The lowest BCUT2D eigenvalue weighted by atomic mass is 10.2. The van der Waals surface area contributed by atoms with Crippen molar-refractivity contribution in [2.45, 2.75) is 31.1 Å². The third kappa shape index (κ3) is 2.23. The van der Waals surface area contributed by atoms with Gasteiger partial charge in [-0.1, -0.05) is 0 Å². The fourth-order valence-electron chi connectivity index (χ4n) is 2.11. The molecule has 80 valence electrons. The number of hydrogen-bond acceptors (Lipinski definition) is 3. The summed E-state index contributed by atoms with van der Waals surface area (Å²) >= 11 is 1.83. The Labute approximate surface area is 89.6 Å². The van der Waals surface area contributed by atoms with Crippen molar-refractivity contribution in [3.8, 4) is 0 Å². The first kappa shape index (κ1) is 10.3. The lowest BCUT2D eigenvalue weighted by molar-refractivity contribution is -0.131. The number of amides is 1. The van der Waals surface area contributed by atoms with Gasteiger partial charge in [-0.15, -0.1) is 11.8 Å². The summed E-state index contributed by atoms with van der Waals surface area (Å²) < 4.78 is 0. The molecule has 3 nitrogen and oxygen atoms in total. The summed E-state index contributed by atoms with van der Waals surface area (Å²) in [6, 6.07) is 0.458. The quantitative estimate of drug-likeness (QED) is 0.697. The first-order valence-corrected chi connectivity index (χ1v) is 6.46. The Balaban J connectivity index is 1.89. The Kier molecular flexibility index (Phi) is 3.34. The second-order valence-corrected chi connectivity index (χ2v) is 5.45. The molecule has 1 unspecified atom stereocenters. The predicted octanol–water partition coefficient (Wildman–Crippen LogP) is 0.702. The second kappa shape index (κ2) is 4.53. The van der Waals surface area contributed by atoms with E-state index in [1.807, 2.05) is 16.7 Å². The minimum absolute atomic E-state index is 0.264. The minimum Gasteiger partial charge on any atom is -0.339 e. The standard InChI is InChI=1S/C10H18N2OS/c1-8-7-12(5-4-11-8)10(13)9-3-2-6-14-9/h8-9,11H,2-7H2,1H3/t8-,9?/m0/s1. The Bertz CT molecular complexity index is 216. The number of piperazine rings is 1. The summed E-state index contributed by atoms with van der Waals surface area (Å²) in [6.45, 7) is 4.86. The Morgan fingerprint density at radius 2 is 2.43 bits per heavy atom. The van der Waals surface area contributed by atoms with E-state index in [1.165, 1.54) is 6.42 Å². The van der Waals surface area contributed by atoms with Gasteiger partial charge in [0.15, 0.2) is 0 Å². The van der Waals surface area contributed by atoms with Crippen molar-refractivity contribution in [1.29, 1.82) is 0 Å². The Morgan fingerprint density at radius 1 is 1.57 bits per heavy atom. The van der Waals surface area contributed by atoms with Gasteiger partial charge in [-0.25, -0.2) is 0 Å². The van der Waals surface area contributed by atoms with E-state index in [1.54, 1.807) is 0 Å². The highest BCUT2D eigenvalue weighted by Crippen LogP contribution is 2.27. The zero-order valence-electron chi connectivity index (χ0n) is 8.66. The zero-order valence-corrected chi connectivity index (χ0v) is 9.48. The Hall–Kier alpha value is -0.220. The van der Waals surface area contributed by atoms with Gasteiger partial charge in [-0.05, 0) is 25.5 Å². The lowest BCUT2D eigenvalue weighted by Crippen LogP contribution is -2.53. The van der Waals surface area contributed by atoms with E-state index in [-0.39, 0.29) is 5.25 Å². The number of carbonyl (C=O) groups is 1. The highest BCUT2D eigenvalue weighted by molar-refractivity contribution is 8.00. The molecule has 2 heterocycles. The van der Waals surface area contributed by atoms with Gasteiger partial charge >= 0.3 is 0 Å². The van der Waals surface area contributed by atoms with Crippen LogP contribution in [0.4, 0.5) is 0 Å². The summed E-state index contributed by atoms with van der Waals surface area (Å²) in [5.74, 6) is 1.54. The summed E-state index contributed by atoms with van der Waals surface area (Å²) in [6.07, 6.45) is 2.30. The molecule has 0 aromatic carbocycles. The van der Waals surface area contributed by atoms with E-state index < -0.39 is 0 Å². The van der Waals surface area contributed by atoms with Gasteiger partial charge in [0.2, 0.25) is 5.91 Å². The van der Waals surface area contributed by atoms with E-state index in [0.717, 1.165) is 31.8 Å². The molecule has 2 saturated heterocycles. The van der Waals surface area contributed by atoms with Gasteiger partial charge in [0.1, 0.15) is 0 Å². The molecule has 1 N–H and O–H groups in total. The van der Waals surface area contributed by atoms with E-state index in [0.29, 0.717) is 11.9 Å². The molecule has 2 rings (SSSR count). The number of hydrogen-bond donors (Lipinski definition) is 1. The molecular formula is C10H18N2OS. The topological polar surface area (TPSA) is 32.3 Å². The molecule has 14 heavy (non-hydrogen) atoms. The SMILES string of the molecule is C[C@H]1CN(C(=O)C2CCCS2)CCN1.